The average molecular weight is 382 g/mol. The minimum Gasteiger partial charge on any atom is -0.463 e. The van der Waals surface area contributed by atoms with Gasteiger partial charge in [-0.15, -0.1) is 10.2 Å². The lowest BCUT2D eigenvalue weighted by Gasteiger charge is -2.28. The second-order valence-electron chi connectivity index (χ2n) is 5.80. The molecule has 0 saturated heterocycles. The lowest BCUT2D eigenvalue weighted by atomic mass is 10.1. The zero-order chi connectivity index (χ0) is 18.8. The Morgan fingerprint density at radius 3 is 2.78 bits per heavy atom. The Balaban J connectivity index is 1.94. The summed E-state index contributed by atoms with van der Waals surface area (Å²) in [6.07, 6.45) is 1.11. The quantitative estimate of drug-likeness (QED) is 0.629. The van der Waals surface area contributed by atoms with E-state index in [9.17, 15) is 4.79 Å². The predicted octanol–water partition coefficient (Wildman–Crippen LogP) is 4.08. The first-order valence-corrected chi connectivity index (χ1v) is 9.70. The molecule has 0 saturated carbocycles. The molecular weight excluding hydrogens is 364 g/mol. The third kappa shape index (κ3) is 3.16. The highest BCUT2D eigenvalue weighted by Crippen LogP contribution is 2.43. The molecule has 0 N–H and O–H groups in total. The number of amides is 1. The molecular formula is C19H18N4O3S. The van der Waals surface area contributed by atoms with Crippen molar-refractivity contribution in [1.29, 1.82) is 0 Å². The van der Waals surface area contributed by atoms with Gasteiger partial charge in [-0.2, -0.15) is 4.98 Å². The van der Waals surface area contributed by atoms with Gasteiger partial charge in [0.25, 0.3) is 0 Å². The SMILES string of the molecule is CCSc1nnc2c(n1)O[C@@H](c1ccco1)N(C(=O)CC)c1ccccc1-2. The third-order valence-corrected chi connectivity index (χ3v) is 4.86. The van der Waals surface area contributed by atoms with E-state index in [2.05, 4.69) is 15.2 Å². The number of carbonyl (C=O) groups is 1. The van der Waals surface area contributed by atoms with Crippen molar-refractivity contribution in [2.45, 2.75) is 31.7 Å². The summed E-state index contributed by atoms with van der Waals surface area (Å²) in [4.78, 5) is 19.0. The number of anilines is 1. The molecule has 1 aliphatic heterocycles. The third-order valence-electron chi connectivity index (χ3n) is 4.14. The molecule has 1 amide bonds. The number of para-hydroxylation sites is 1. The summed E-state index contributed by atoms with van der Waals surface area (Å²) >= 11 is 1.48. The van der Waals surface area contributed by atoms with Crippen molar-refractivity contribution in [3.8, 4) is 17.1 Å². The van der Waals surface area contributed by atoms with E-state index in [1.54, 1.807) is 23.3 Å². The number of hydrogen-bond donors (Lipinski definition) is 0. The molecule has 8 heteroatoms. The number of nitrogens with zero attached hydrogens (tertiary/aromatic N) is 4. The number of ether oxygens (including phenoxy) is 1. The van der Waals surface area contributed by atoms with Crippen molar-refractivity contribution >= 4 is 23.4 Å². The Hall–Kier alpha value is -2.87. The maximum Gasteiger partial charge on any atom is 0.247 e. The highest BCUT2D eigenvalue weighted by molar-refractivity contribution is 7.99. The predicted molar refractivity (Wildman–Crippen MR) is 102 cm³/mol. The molecule has 0 radical (unpaired) electrons. The van der Waals surface area contributed by atoms with E-state index in [4.69, 9.17) is 9.15 Å². The summed E-state index contributed by atoms with van der Waals surface area (Å²) in [6.45, 7) is 3.83. The first kappa shape index (κ1) is 17.5. The number of hydrogen-bond acceptors (Lipinski definition) is 7. The molecule has 1 aromatic carbocycles. The maximum absolute atomic E-state index is 12.9. The fourth-order valence-electron chi connectivity index (χ4n) is 2.96. The maximum atomic E-state index is 12.9. The highest BCUT2D eigenvalue weighted by atomic mass is 32.2. The van der Waals surface area contributed by atoms with Crippen molar-refractivity contribution in [2.24, 2.45) is 0 Å². The van der Waals surface area contributed by atoms with E-state index in [0.717, 1.165) is 11.3 Å². The fourth-order valence-corrected chi connectivity index (χ4v) is 3.46. The molecule has 4 rings (SSSR count). The molecule has 7 nitrogen and oxygen atoms in total. The van der Waals surface area contributed by atoms with Crippen molar-refractivity contribution in [2.75, 3.05) is 10.7 Å². The van der Waals surface area contributed by atoms with Gasteiger partial charge in [0, 0.05) is 12.0 Å². The lowest BCUT2D eigenvalue weighted by molar-refractivity contribution is -0.120. The molecule has 0 unspecified atom stereocenters. The van der Waals surface area contributed by atoms with Gasteiger partial charge in [-0.25, -0.2) is 0 Å². The molecule has 0 fully saturated rings. The van der Waals surface area contributed by atoms with Gasteiger partial charge in [0.1, 0.15) is 0 Å². The van der Waals surface area contributed by atoms with E-state index >= 15 is 0 Å². The van der Waals surface area contributed by atoms with Crippen LogP contribution >= 0.6 is 11.8 Å². The first-order valence-electron chi connectivity index (χ1n) is 8.72. The number of fused-ring (bicyclic) bond motifs is 3. The number of aromatic nitrogens is 3. The van der Waals surface area contributed by atoms with Gasteiger partial charge in [-0.05, 0) is 24.0 Å². The van der Waals surface area contributed by atoms with E-state index in [-0.39, 0.29) is 5.91 Å². The van der Waals surface area contributed by atoms with Gasteiger partial charge in [0.15, 0.2) is 11.5 Å². The highest BCUT2D eigenvalue weighted by Gasteiger charge is 2.36. The number of rotatable bonds is 4. The summed E-state index contributed by atoms with van der Waals surface area (Å²) in [5, 5.41) is 9.07. The average Bonchev–Trinajstić information content (AvgIpc) is 3.18. The summed E-state index contributed by atoms with van der Waals surface area (Å²) in [7, 11) is 0. The molecule has 138 valence electrons. The van der Waals surface area contributed by atoms with Gasteiger partial charge in [-0.3, -0.25) is 9.69 Å². The Morgan fingerprint density at radius 2 is 2.04 bits per heavy atom. The molecule has 0 spiro atoms. The van der Waals surface area contributed by atoms with Crippen LogP contribution in [0, 0.1) is 0 Å². The molecule has 0 aliphatic carbocycles. The summed E-state index contributed by atoms with van der Waals surface area (Å²) in [5.74, 6) is 1.58. The summed E-state index contributed by atoms with van der Waals surface area (Å²) in [6, 6.07) is 11.1. The largest absolute Gasteiger partial charge is 0.463 e. The van der Waals surface area contributed by atoms with E-state index in [0.29, 0.717) is 34.6 Å². The van der Waals surface area contributed by atoms with Crippen molar-refractivity contribution in [3.63, 3.8) is 0 Å². The Labute approximate surface area is 160 Å². The van der Waals surface area contributed by atoms with Crippen molar-refractivity contribution in [1.82, 2.24) is 15.2 Å². The van der Waals surface area contributed by atoms with E-state index in [1.807, 2.05) is 38.1 Å². The molecule has 1 atom stereocenters. The van der Waals surface area contributed by atoms with Crippen LogP contribution in [0.2, 0.25) is 0 Å². The van der Waals surface area contributed by atoms with Crippen LogP contribution in [-0.4, -0.2) is 26.8 Å². The van der Waals surface area contributed by atoms with Gasteiger partial charge in [-0.1, -0.05) is 43.8 Å². The van der Waals surface area contributed by atoms with Crippen molar-refractivity contribution < 1.29 is 13.9 Å². The number of thioether (sulfide) groups is 1. The molecule has 2 aromatic heterocycles. The van der Waals surface area contributed by atoms with Gasteiger partial charge < -0.3 is 9.15 Å². The fraction of sp³-hybridized carbons (Fsp3) is 0.263. The zero-order valence-corrected chi connectivity index (χ0v) is 15.8. The normalized spacial score (nSPS) is 15.5. The Morgan fingerprint density at radius 1 is 1.19 bits per heavy atom. The van der Waals surface area contributed by atoms with Crippen LogP contribution in [0.15, 0.2) is 52.2 Å². The Bertz CT molecular complexity index is 961. The van der Waals surface area contributed by atoms with Crippen LogP contribution < -0.4 is 9.64 Å². The zero-order valence-electron chi connectivity index (χ0n) is 15.0. The van der Waals surface area contributed by atoms with Gasteiger partial charge in [0.05, 0.1) is 12.0 Å². The van der Waals surface area contributed by atoms with Crippen LogP contribution in [0.4, 0.5) is 5.69 Å². The van der Waals surface area contributed by atoms with Crippen LogP contribution in [0.5, 0.6) is 5.88 Å². The van der Waals surface area contributed by atoms with E-state index in [1.165, 1.54) is 11.8 Å². The minimum absolute atomic E-state index is 0.0900. The molecule has 0 bridgehead atoms. The topological polar surface area (TPSA) is 81.3 Å². The summed E-state index contributed by atoms with van der Waals surface area (Å²) in [5.41, 5.74) is 1.95. The molecule has 27 heavy (non-hydrogen) atoms. The lowest BCUT2D eigenvalue weighted by Crippen LogP contribution is -2.37. The number of furan rings is 1. The second-order valence-corrected chi connectivity index (χ2v) is 7.03. The number of benzene rings is 1. The second kappa shape index (κ2) is 7.40. The van der Waals surface area contributed by atoms with Crippen LogP contribution in [0.25, 0.3) is 11.3 Å². The number of carbonyl (C=O) groups excluding carboxylic acids is 1. The monoisotopic (exact) mass is 382 g/mol. The van der Waals surface area contributed by atoms with Crippen molar-refractivity contribution in [3.05, 3.63) is 48.4 Å². The molecule has 3 heterocycles. The van der Waals surface area contributed by atoms with Crippen LogP contribution in [0.3, 0.4) is 0 Å². The first-order chi connectivity index (χ1) is 13.2. The van der Waals surface area contributed by atoms with Crippen LogP contribution in [-0.2, 0) is 4.79 Å². The van der Waals surface area contributed by atoms with Gasteiger partial charge >= 0.3 is 0 Å². The molecule has 1 aliphatic rings. The smallest absolute Gasteiger partial charge is 0.247 e. The van der Waals surface area contributed by atoms with Crippen LogP contribution in [0.1, 0.15) is 32.3 Å². The molecule has 3 aromatic rings. The minimum atomic E-state index is -0.772. The standard InChI is InChI=1S/C19H18N4O3S/c1-3-15(24)23-13-9-6-5-8-12(13)16-17(20-19(22-21-16)27-4-2)26-18(23)14-10-7-11-25-14/h5-11,18H,3-4H2,1-2H3/t18-/m0/s1. The summed E-state index contributed by atoms with van der Waals surface area (Å²) < 4.78 is 11.8. The van der Waals surface area contributed by atoms with E-state index < -0.39 is 6.23 Å². The Kier molecular flexibility index (Phi) is 4.81. The van der Waals surface area contributed by atoms with Gasteiger partial charge in [0.2, 0.25) is 23.2 Å².